The first-order valence-corrected chi connectivity index (χ1v) is 4.94. The zero-order chi connectivity index (χ0) is 12.6. The van der Waals surface area contributed by atoms with Crippen LogP contribution in [0.2, 0.25) is 0 Å². The first kappa shape index (κ1) is 11.2. The van der Waals surface area contributed by atoms with Crippen LogP contribution in [-0.2, 0) is 18.8 Å². The Morgan fingerprint density at radius 3 is 2.35 bits per heavy atom. The van der Waals surface area contributed by atoms with Crippen LogP contribution in [-0.4, -0.2) is 32.6 Å². The summed E-state index contributed by atoms with van der Waals surface area (Å²) in [6.45, 7) is 0. The molecule has 0 fully saturated rings. The quantitative estimate of drug-likeness (QED) is 0.751. The molecule has 0 spiro atoms. The molecule has 0 bridgehead atoms. The van der Waals surface area contributed by atoms with Crippen molar-refractivity contribution in [2.75, 3.05) is 12.8 Å². The summed E-state index contributed by atoms with van der Waals surface area (Å²) >= 11 is 0. The molecule has 0 saturated carbocycles. The summed E-state index contributed by atoms with van der Waals surface area (Å²) in [5.41, 5.74) is 7.92. The van der Waals surface area contributed by atoms with E-state index in [2.05, 4.69) is 10.2 Å². The van der Waals surface area contributed by atoms with Crippen LogP contribution in [0.4, 0.5) is 5.69 Å². The van der Waals surface area contributed by atoms with Crippen LogP contribution >= 0.6 is 0 Å². The standard InChI is InChI=1S/C10H13N5O2/c1-14-8(6(4-12-14)10(16)17-3)9-7(11)5-13-15(9)2/h4-5H,11H2,1-3H3. The number of esters is 1. The summed E-state index contributed by atoms with van der Waals surface area (Å²) in [5.74, 6) is -0.450. The summed E-state index contributed by atoms with van der Waals surface area (Å²) in [6.07, 6.45) is 2.98. The van der Waals surface area contributed by atoms with Crippen molar-refractivity contribution >= 4 is 11.7 Å². The fraction of sp³-hybridized carbons (Fsp3) is 0.300. The van der Waals surface area contributed by atoms with Gasteiger partial charge in [0.1, 0.15) is 17.0 Å². The Morgan fingerprint density at radius 2 is 1.82 bits per heavy atom. The van der Waals surface area contributed by atoms with Crippen molar-refractivity contribution in [3.8, 4) is 11.4 Å². The number of hydrogen-bond donors (Lipinski definition) is 1. The molecule has 7 nitrogen and oxygen atoms in total. The van der Waals surface area contributed by atoms with Crippen molar-refractivity contribution < 1.29 is 9.53 Å². The van der Waals surface area contributed by atoms with E-state index in [0.29, 0.717) is 22.6 Å². The maximum Gasteiger partial charge on any atom is 0.341 e. The van der Waals surface area contributed by atoms with Gasteiger partial charge in [0.05, 0.1) is 25.2 Å². The van der Waals surface area contributed by atoms with Gasteiger partial charge in [-0.25, -0.2) is 4.79 Å². The Hall–Kier alpha value is -2.31. The molecule has 90 valence electrons. The van der Waals surface area contributed by atoms with Gasteiger partial charge in [-0.1, -0.05) is 0 Å². The number of aryl methyl sites for hydroxylation is 2. The number of carbonyl (C=O) groups is 1. The van der Waals surface area contributed by atoms with Gasteiger partial charge in [0, 0.05) is 14.1 Å². The molecule has 2 aromatic rings. The molecule has 2 N–H and O–H groups in total. The second kappa shape index (κ2) is 3.93. The molecule has 0 aliphatic carbocycles. The number of rotatable bonds is 2. The highest BCUT2D eigenvalue weighted by atomic mass is 16.5. The topological polar surface area (TPSA) is 88.0 Å². The number of nitrogen functional groups attached to an aromatic ring is 1. The molecule has 0 aliphatic rings. The van der Waals surface area contributed by atoms with Gasteiger partial charge in [-0.2, -0.15) is 10.2 Å². The van der Waals surface area contributed by atoms with Crippen LogP contribution in [0.5, 0.6) is 0 Å². The van der Waals surface area contributed by atoms with Crippen molar-refractivity contribution in [3.63, 3.8) is 0 Å². The molecule has 2 rings (SSSR count). The Balaban J connectivity index is 2.67. The Bertz CT molecular complexity index is 550. The fourth-order valence-electron chi connectivity index (χ4n) is 1.72. The summed E-state index contributed by atoms with van der Waals surface area (Å²) in [4.78, 5) is 11.6. The minimum Gasteiger partial charge on any atom is -0.465 e. The van der Waals surface area contributed by atoms with E-state index in [1.807, 2.05) is 0 Å². The minimum absolute atomic E-state index is 0.366. The van der Waals surface area contributed by atoms with Gasteiger partial charge in [-0.15, -0.1) is 0 Å². The van der Waals surface area contributed by atoms with Crippen LogP contribution in [0.25, 0.3) is 11.4 Å². The molecule has 2 heterocycles. The number of nitrogens with two attached hydrogens (primary N) is 1. The van der Waals surface area contributed by atoms with Gasteiger partial charge in [-0.3, -0.25) is 9.36 Å². The lowest BCUT2D eigenvalue weighted by molar-refractivity contribution is 0.0601. The van der Waals surface area contributed by atoms with Crippen LogP contribution < -0.4 is 5.73 Å². The molecule has 7 heteroatoms. The van der Waals surface area contributed by atoms with Crippen LogP contribution in [0, 0.1) is 0 Å². The average Bonchev–Trinajstić information content (AvgIpc) is 2.82. The van der Waals surface area contributed by atoms with E-state index < -0.39 is 5.97 Å². The summed E-state index contributed by atoms with van der Waals surface area (Å²) < 4.78 is 7.87. The van der Waals surface area contributed by atoms with Crippen molar-refractivity contribution in [3.05, 3.63) is 18.0 Å². The number of methoxy groups -OCH3 is 1. The maximum atomic E-state index is 11.6. The fourth-order valence-corrected chi connectivity index (χ4v) is 1.72. The predicted molar refractivity (Wildman–Crippen MR) is 61.2 cm³/mol. The normalized spacial score (nSPS) is 10.5. The van der Waals surface area contributed by atoms with E-state index in [4.69, 9.17) is 10.5 Å². The lowest BCUT2D eigenvalue weighted by Crippen LogP contribution is -2.07. The van der Waals surface area contributed by atoms with Gasteiger partial charge in [0.2, 0.25) is 0 Å². The second-order valence-corrected chi connectivity index (χ2v) is 3.59. The Labute approximate surface area is 97.8 Å². The van der Waals surface area contributed by atoms with Gasteiger partial charge in [0.25, 0.3) is 0 Å². The predicted octanol–water partition coefficient (Wildman–Crippen LogP) is 0.189. The number of aromatic nitrogens is 4. The molecular formula is C10H13N5O2. The van der Waals surface area contributed by atoms with Gasteiger partial charge in [0.15, 0.2) is 0 Å². The lowest BCUT2D eigenvalue weighted by atomic mass is 10.2. The first-order valence-electron chi connectivity index (χ1n) is 4.94. The van der Waals surface area contributed by atoms with Gasteiger partial charge < -0.3 is 10.5 Å². The van der Waals surface area contributed by atoms with E-state index >= 15 is 0 Å². The second-order valence-electron chi connectivity index (χ2n) is 3.59. The minimum atomic E-state index is -0.450. The Morgan fingerprint density at radius 1 is 1.24 bits per heavy atom. The van der Waals surface area contributed by atoms with Crippen molar-refractivity contribution in [2.45, 2.75) is 0 Å². The molecule has 0 atom stereocenters. The number of anilines is 1. The Kier molecular flexibility index (Phi) is 2.58. The molecule has 0 aliphatic heterocycles. The highest BCUT2D eigenvalue weighted by Crippen LogP contribution is 2.28. The third-order valence-corrected chi connectivity index (χ3v) is 2.54. The number of hydrogen-bond acceptors (Lipinski definition) is 5. The van der Waals surface area contributed by atoms with Crippen LogP contribution in [0.1, 0.15) is 10.4 Å². The summed E-state index contributed by atoms with van der Waals surface area (Å²) in [7, 11) is 4.81. The average molecular weight is 235 g/mol. The first-order chi connectivity index (χ1) is 8.06. The third-order valence-electron chi connectivity index (χ3n) is 2.54. The smallest absolute Gasteiger partial charge is 0.341 e. The van der Waals surface area contributed by atoms with E-state index in [9.17, 15) is 4.79 Å². The van der Waals surface area contributed by atoms with Crippen LogP contribution in [0.3, 0.4) is 0 Å². The molecular weight excluding hydrogens is 222 g/mol. The zero-order valence-corrected chi connectivity index (χ0v) is 9.84. The van der Waals surface area contributed by atoms with E-state index in [-0.39, 0.29) is 0 Å². The summed E-state index contributed by atoms with van der Waals surface area (Å²) in [6, 6.07) is 0. The van der Waals surface area contributed by atoms with Crippen LogP contribution in [0.15, 0.2) is 12.4 Å². The van der Waals surface area contributed by atoms with E-state index in [1.54, 1.807) is 23.5 Å². The third kappa shape index (κ3) is 1.65. The molecule has 0 unspecified atom stereocenters. The zero-order valence-electron chi connectivity index (χ0n) is 9.84. The lowest BCUT2D eigenvalue weighted by Gasteiger charge is -2.06. The van der Waals surface area contributed by atoms with Crippen molar-refractivity contribution in [1.82, 2.24) is 19.6 Å². The number of ether oxygens (including phenoxy) is 1. The van der Waals surface area contributed by atoms with Crippen molar-refractivity contribution in [2.24, 2.45) is 14.1 Å². The van der Waals surface area contributed by atoms with Crippen molar-refractivity contribution in [1.29, 1.82) is 0 Å². The van der Waals surface area contributed by atoms with E-state index in [1.165, 1.54) is 19.5 Å². The number of carbonyl (C=O) groups excluding carboxylic acids is 1. The van der Waals surface area contributed by atoms with Gasteiger partial charge in [-0.05, 0) is 0 Å². The molecule has 0 saturated heterocycles. The highest BCUT2D eigenvalue weighted by Gasteiger charge is 2.22. The molecule has 0 radical (unpaired) electrons. The molecule has 0 aromatic carbocycles. The largest absolute Gasteiger partial charge is 0.465 e. The molecule has 0 amide bonds. The highest BCUT2D eigenvalue weighted by molar-refractivity contribution is 5.97. The number of nitrogens with zero attached hydrogens (tertiary/aromatic N) is 4. The van der Waals surface area contributed by atoms with E-state index in [0.717, 1.165) is 0 Å². The van der Waals surface area contributed by atoms with Gasteiger partial charge >= 0.3 is 5.97 Å². The molecule has 2 aromatic heterocycles. The summed E-state index contributed by atoms with van der Waals surface area (Å²) in [5, 5.41) is 8.08. The monoisotopic (exact) mass is 235 g/mol. The SMILES string of the molecule is COC(=O)c1cnn(C)c1-c1c(N)cnn1C. The maximum absolute atomic E-state index is 11.6. The molecule has 17 heavy (non-hydrogen) atoms.